The molecule has 0 saturated carbocycles. The van der Waals surface area contributed by atoms with Crippen molar-refractivity contribution in [2.45, 2.75) is 6.54 Å². The summed E-state index contributed by atoms with van der Waals surface area (Å²) in [6.07, 6.45) is 1.34. The zero-order chi connectivity index (χ0) is 15.1. The van der Waals surface area contributed by atoms with Crippen molar-refractivity contribution in [1.29, 1.82) is 5.26 Å². The van der Waals surface area contributed by atoms with Crippen molar-refractivity contribution in [3.63, 3.8) is 0 Å². The van der Waals surface area contributed by atoms with Crippen molar-refractivity contribution in [3.8, 4) is 11.8 Å². The number of carbonyl (C=O) groups excluding carboxylic acids is 1. The van der Waals surface area contributed by atoms with E-state index in [1.807, 2.05) is 6.07 Å². The Morgan fingerprint density at radius 2 is 2.19 bits per heavy atom. The molecule has 2 aromatic rings. The maximum atomic E-state index is 11.7. The van der Waals surface area contributed by atoms with Gasteiger partial charge in [-0.15, -0.1) is 10.2 Å². The Labute approximate surface area is 126 Å². The van der Waals surface area contributed by atoms with Gasteiger partial charge in [0.2, 0.25) is 11.7 Å². The highest BCUT2D eigenvalue weighted by Crippen LogP contribution is 2.14. The number of nitriles is 1. The molecule has 0 saturated heterocycles. The lowest BCUT2D eigenvalue weighted by molar-refractivity contribution is -0.121. The molecule has 108 valence electrons. The largest absolute Gasteiger partial charge is 0.492 e. The molecule has 0 fully saturated rings. The monoisotopic (exact) mass is 305 g/mol. The summed E-state index contributed by atoms with van der Waals surface area (Å²) in [5.74, 6) is 0.535. The minimum Gasteiger partial charge on any atom is -0.492 e. The van der Waals surface area contributed by atoms with Crippen molar-refractivity contribution in [3.05, 3.63) is 41.4 Å². The van der Waals surface area contributed by atoms with Gasteiger partial charge in [0.15, 0.2) is 0 Å². The molecule has 0 radical (unpaired) electrons. The van der Waals surface area contributed by atoms with Gasteiger partial charge in [-0.1, -0.05) is 11.6 Å². The molecule has 0 aliphatic rings. The molecule has 0 atom stereocenters. The van der Waals surface area contributed by atoms with Crippen LogP contribution in [0.2, 0.25) is 5.02 Å². The number of amides is 1. The number of aromatic nitrogens is 3. The molecule has 1 N–H and O–H groups in total. The van der Waals surface area contributed by atoms with Crippen LogP contribution in [0.3, 0.4) is 0 Å². The summed E-state index contributed by atoms with van der Waals surface area (Å²) in [5.41, 5.74) is 0. The molecule has 0 spiro atoms. The highest BCUT2D eigenvalue weighted by molar-refractivity contribution is 6.30. The number of nitrogens with one attached hydrogen (secondary N) is 1. The molecular formula is C13H12ClN5O2. The molecule has 2 rings (SSSR count). The molecule has 7 nitrogen and oxygen atoms in total. The van der Waals surface area contributed by atoms with Gasteiger partial charge in [0, 0.05) is 5.02 Å². The first-order valence-corrected chi connectivity index (χ1v) is 6.50. The number of halogens is 1. The number of nitrogens with zero attached hydrogens (tertiary/aromatic N) is 4. The number of benzene rings is 1. The van der Waals surface area contributed by atoms with Crippen LogP contribution < -0.4 is 10.1 Å². The summed E-state index contributed by atoms with van der Waals surface area (Å²) in [5, 5.41) is 19.2. The average molecular weight is 306 g/mol. The predicted molar refractivity (Wildman–Crippen MR) is 74.7 cm³/mol. The van der Waals surface area contributed by atoms with Gasteiger partial charge in [-0.25, -0.2) is 0 Å². The smallest absolute Gasteiger partial charge is 0.240 e. The number of hydrogen-bond acceptors (Lipinski definition) is 5. The first-order chi connectivity index (χ1) is 10.2. The molecule has 1 aromatic heterocycles. The SMILES string of the molecule is N#Cc1nncn1CC(=O)NCCOc1ccc(Cl)cc1. The van der Waals surface area contributed by atoms with Crippen molar-refractivity contribution in [1.82, 2.24) is 20.1 Å². The Kier molecular flexibility index (Phi) is 5.12. The topological polar surface area (TPSA) is 92.8 Å². The normalized spacial score (nSPS) is 9.90. The molecule has 1 amide bonds. The van der Waals surface area contributed by atoms with Gasteiger partial charge in [-0.3, -0.25) is 9.36 Å². The Morgan fingerprint density at radius 3 is 2.90 bits per heavy atom. The van der Waals surface area contributed by atoms with Crippen LogP contribution in [0.4, 0.5) is 0 Å². The van der Waals surface area contributed by atoms with E-state index in [9.17, 15) is 4.79 Å². The Bertz CT molecular complexity index is 647. The molecule has 1 heterocycles. The van der Waals surface area contributed by atoms with Crippen molar-refractivity contribution in [2.75, 3.05) is 13.2 Å². The summed E-state index contributed by atoms with van der Waals surface area (Å²) in [6.45, 7) is 0.684. The number of ether oxygens (including phenoxy) is 1. The maximum absolute atomic E-state index is 11.7. The predicted octanol–water partition coefficient (Wildman–Crippen LogP) is 0.998. The minimum atomic E-state index is -0.244. The van der Waals surface area contributed by atoms with E-state index in [4.69, 9.17) is 21.6 Å². The van der Waals surface area contributed by atoms with E-state index in [1.54, 1.807) is 24.3 Å². The van der Waals surface area contributed by atoms with Crippen molar-refractivity contribution in [2.24, 2.45) is 0 Å². The quantitative estimate of drug-likeness (QED) is 0.804. The van der Waals surface area contributed by atoms with Gasteiger partial charge < -0.3 is 10.1 Å². The Balaban J connectivity index is 1.70. The molecule has 0 unspecified atom stereocenters. The molecule has 0 aliphatic carbocycles. The van der Waals surface area contributed by atoms with Crippen LogP contribution in [0.5, 0.6) is 5.75 Å². The summed E-state index contributed by atoms with van der Waals surface area (Å²) >= 11 is 5.76. The van der Waals surface area contributed by atoms with E-state index in [1.165, 1.54) is 10.9 Å². The number of hydrogen-bond donors (Lipinski definition) is 1. The second kappa shape index (κ2) is 7.26. The summed E-state index contributed by atoms with van der Waals surface area (Å²) < 4.78 is 6.80. The van der Waals surface area contributed by atoms with Gasteiger partial charge in [-0.05, 0) is 24.3 Å². The van der Waals surface area contributed by atoms with Crippen LogP contribution in [0.1, 0.15) is 5.82 Å². The molecule has 1 aromatic carbocycles. The van der Waals surface area contributed by atoms with Crippen LogP contribution in [0, 0.1) is 11.3 Å². The maximum Gasteiger partial charge on any atom is 0.240 e. The number of rotatable bonds is 6. The van der Waals surface area contributed by atoms with Gasteiger partial charge in [0.25, 0.3) is 0 Å². The average Bonchev–Trinajstić information content (AvgIpc) is 2.92. The van der Waals surface area contributed by atoms with E-state index in [2.05, 4.69) is 15.5 Å². The van der Waals surface area contributed by atoms with Crippen LogP contribution in [-0.4, -0.2) is 33.8 Å². The van der Waals surface area contributed by atoms with E-state index in [0.717, 1.165) is 0 Å². The summed E-state index contributed by atoms with van der Waals surface area (Å²) in [4.78, 5) is 11.7. The number of carbonyl (C=O) groups is 1. The minimum absolute atomic E-state index is 0.00314. The van der Waals surface area contributed by atoms with Crippen LogP contribution >= 0.6 is 11.6 Å². The summed E-state index contributed by atoms with van der Waals surface area (Å²) in [6, 6.07) is 8.80. The Hall–Kier alpha value is -2.59. The third kappa shape index (κ3) is 4.47. The zero-order valence-corrected chi connectivity index (χ0v) is 11.7. The standard InChI is InChI=1S/C13H12ClN5O2/c14-10-1-3-11(4-2-10)21-6-5-16-13(20)8-19-9-17-18-12(19)7-15/h1-4,9H,5-6,8H2,(H,16,20). The first kappa shape index (κ1) is 14.8. The first-order valence-electron chi connectivity index (χ1n) is 6.12. The zero-order valence-electron chi connectivity index (χ0n) is 11.0. The van der Waals surface area contributed by atoms with Gasteiger partial charge in [-0.2, -0.15) is 5.26 Å². The third-order valence-corrected chi connectivity index (χ3v) is 2.79. The van der Waals surface area contributed by atoms with E-state index in [0.29, 0.717) is 23.9 Å². The molecule has 0 aliphatic heterocycles. The fraction of sp³-hybridized carbons (Fsp3) is 0.231. The molecule has 8 heteroatoms. The lowest BCUT2D eigenvalue weighted by Crippen LogP contribution is -2.31. The lowest BCUT2D eigenvalue weighted by atomic mass is 10.3. The van der Waals surface area contributed by atoms with E-state index in [-0.39, 0.29) is 18.3 Å². The van der Waals surface area contributed by atoms with Gasteiger partial charge >= 0.3 is 0 Å². The van der Waals surface area contributed by atoms with Gasteiger partial charge in [0.1, 0.15) is 31.3 Å². The van der Waals surface area contributed by atoms with E-state index < -0.39 is 0 Å². The van der Waals surface area contributed by atoms with Crippen molar-refractivity contribution < 1.29 is 9.53 Å². The summed E-state index contributed by atoms with van der Waals surface area (Å²) in [7, 11) is 0. The molecular weight excluding hydrogens is 294 g/mol. The van der Waals surface area contributed by atoms with E-state index >= 15 is 0 Å². The fourth-order valence-electron chi connectivity index (χ4n) is 1.56. The molecule has 0 bridgehead atoms. The van der Waals surface area contributed by atoms with Gasteiger partial charge in [0.05, 0.1) is 6.54 Å². The second-order valence-electron chi connectivity index (χ2n) is 4.05. The Morgan fingerprint density at radius 1 is 1.43 bits per heavy atom. The van der Waals surface area contributed by atoms with Crippen molar-refractivity contribution >= 4 is 17.5 Å². The van der Waals surface area contributed by atoms with Crippen LogP contribution in [-0.2, 0) is 11.3 Å². The third-order valence-electron chi connectivity index (χ3n) is 2.54. The highest BCUT2D eigenvalue weighted by Gasteiger charge is 2.07. The lowest BCUT2D eigenvalue weighted by Gasteiger charge is -2.08. The second-order valence-corrected chi connectivity index (χ2v) is 4.48. The highest BCUT2D eigenvalue weighted by atomic mass is 35.5. The fourth-order valence-corrected chi connectivity index (χ4v) is 1.68. The van der Waals surface area contributed by atoms with Crippen LogP contribution in [0.15, 0.2) is 30.6 Å². The van der Waals surface area contributed by atoms with Crippen LogP contribution in [0.25, 0.3) is 0 Å². The molecule has 21 heavy (non-hydrogen) atoms.